The van der Waals surface area contributed by atoms with Crippen LogP contribution in [0.3, 0.4) is 0 Å². The van der Waals surface area contributed by atoms with Crippen molar-refractivity contribution in [3.05, 3.63) is 70.0 Å². The second kappa shape index (κ2) is 9.86. The van der Waals surface area contributed by atoms with Crippen LogP contribution in [0.25, 0.3) is 6.08 Å². The third kappa shape index (κ3) is 6.42. The number of nitrogens with zero attached hydrogens (tertiary/aromatic N) is 2. The number of carbonyl (C=O) groups is 2. The highest BCUT2D eigenvalue weighted by atomic mass is 19.1. The maximum atomic E-state index is 14.4. The van der Waals surface area contributed by atoms with Gasteiger partial charge in [-0.05, 0) is 82.0 Å². The van der Waals surface area contributed by atoms with Crippen LogP contribution in [0.1, 0.15) is 60.7 Å². The Hall–Kier alpha value is -3.66. The quantitative estimate of drug-likeness (QED) is 0.654. The molecule has 3 rings (SSSR count). The summed E-state index contributed by atoms with van der Waals surface area (Å²) in [6.07, 6.45) is 2.93. The topological polar surface area (TPSA) is 82.4 Å². The Bertz CT molecular complexity index is 1130. The molecule has 6 nitrogen and oxygen atoms in total. The van der Waals surface area contributed by atoms with E-state index in [2.05, 4.69) is 5.32 Å². The SMILES string of the molecule is Cc1c(C=C2CCN(C(=O)OC(C)(C)C)CC2)cc(F)cc1NC(=O)c1cccc(C#N)c1. The molecule has 0 bridgehead atoms. The van der Waals surface area contributed by atoms with Gasteiger partial charge in [0.2, 0.25) is 0 Å². The average Bonchev–Trinajstić information content (AvgIpc) is 2.76. The normalized spacial score (nSPS) is 13.8. The highest BCUT2D eigenvalue weighted by Crippen LogP contribution is 2.27. The van der Waals surface area contributed by atoms with Gasteiger partial charge in [-0.2, -0.15) is 5.26 Å². The number of nitrogens with one attached hydrogen (secondary N) is 1. The summed E-state index contributed by atoms with van der Waals surface area (Å²) in [7, 11) is 0. The first-order chi connectivity index (χ1) is 15.6. The van der Waals surface area contributed by atoms with Gasteiger partial charge in [-0.25, -0.2) is 9.18 Å². The van der Waals surface area contributed by atoms with Gasteiger partial charge >= 0.3 is 6.09 Å². The number of halogens is 1. The number of rotatable bonds is 3. The maximum Gasteiger partial charge on any atom is 0.410 e. The van der Waals surface area contributed by atoms with E-state index in [-0.39, 0.29) is 6.09 Å². The Labute approximate surface area is 193 Å². The zero-order valence-corrected chi connectivity index (χ0v) is 19.4. The molecule has 7 heteroatoms. The van der Waals surface area contributed by atoms with Gasteiger partial charge in [0.15, 0.2) is 0 Å². The maximum absolute atomic E-state index is 14.4. The van der Waals surface area contributed by atoms with E-state index in [1.807, 2.05) is 39.8 Å². The van der Waals surface area contributed by atoms with Crippen molar-refractivity contribution in [2.24, 2.45) is 0 Å². The van der Waals surface area contributed by atoms with E-state index in [1.54, 1.807) is 23.1 Å². The summed E-state index contributed by atoms with van der Waals surface area (Å²) in [5.41, 5.74) is 3.06. The third-order valence-corrected chi connectivity index (χ3v) is 5.33. The molecular formula is C26H28FN3O3. The molecule has 0 unspecified atom stereocenters. The number of amides is 2. The fourth-order valence-electron chi connectivity index (χ4n) is 3.57. The summed E-state index contributed by atoms with van der Waals surface area (Å²) in [6.45, 7) is 8.40. The molecule has 1 aliphatic rings. The number of nitriles is 1. The van der Waals surface area contributed by atoms with E-state index in [0.717, 1.165) is 11.1 Å². The number of likely N-dealkylation sites (tertiary alicyclic amines) is 1. The molecule has 172 valence electrons. The first-order valence-corrected chi connectivity index (χ1v) is 10.8. The van der Waals surface area contributed by atoms with E-state index in [1.165, 1.54) is 18.2 Å². The van der Waals surface area contributed by atoms with Gasteiger partial charge in [0.1, 0.15) is 11.4 Å². The fraction of sp³-hybridized carbons (Fsp3) is 0.346. The van der Waals surface area contributed by atoms with Crippen molar-refractivity contribution in [3.8, 4) is 6.07 Å². The molecule has 1 fully saturated rings. The number of hydrogen-bond acceptors (Lipinski definition) is 4. The van der Waals surface area contributed by atoms with E-state index >= 15 is 0 Å². The third-order valence-electron chi connectivity index (χ3n) is 5.33. The minimum atomic E-state index is -0.539. The average molecular weight is 450 g/mol. The van der Waals surface area contributed by atoms with Crippen molar-refractivity contribution >= 4 is 23.8 Å². The van der Waals surface area contributed by atoms with Crippen LogP contribution >= 0.6 is 0 Å². The first-order valence-electron chi connectivity index (χ1n) is 10.8. The van der Waals surface area contributed by atoms with Crippen LogP contribution < -0.4 is 5.32 Å². The van der Waals surface area contributed by atoms with Crippen molar-refractivity contribution in [3.63, 3.8) is 0 Å². The molecule has 0 saturated carbocycles. The molecule has 0 radical (unpaired) electrons. The largest absolute Gasteiger partial charge is 0.444 e. The Morgan fingerprint density at radius 1 is 1.18 bits per heavy atom. The summed E-state index contributed by atoms with van der Waals surface area (Å²) in [6, 6.07) is 11.1. The molecule has 0 aliphatic carbocycles. The Balaban J connectivity index is 1.74. The molecule has 33 heavy (non-hydrogen) atoms. The summed E-state index contributed by atoms with van der Waals surface area (Å²) in [5, 5.41) is 11.8. The second-order valence-electron chi connectivity index (χ2n) is 9.08. The van der Waals surface area contributed by atoms with Gasteiger partial charge < -0.3 is 15.0 Å². The minimum Gasteiger partial charge on any atom is -0.444 e. The molecule has 0 spiro atoms. The number of benzene rings is 2. The number of anilines is 1. The molecule has 1 N–H and O–H groups in total. The molecular weight excluding hydrogens is 421 g/mol. The van der Waals surface area contributed by atoms with E-state index < -0.39 is 17.3 Å². The zero-order chi connectivity index (χ0) is 24.2. The van der Waals surface area contributed by atoms with Crippen LogP contribution in [0.15, 0.2) is 42.0 Å². The van der Waals surface area contributed by atoms with Crippen molar-refractivity contribution in [2.75, 3.05) is 18.4 Å². The van der Waals surface area contributed by atoms with Crippen LogP contribution in [0.2, 0.25) is 0 Å². The van der Waals surface area contributed by atoms with Crippen LogP contribution in [0.5, 0.6) is 0 Å². The lowest BCUT2D eigenvalue weighted by Gasteiger charge is -2.31. The predicted octanol–water partition coefficient (Wildman–Crippen LogP) is 5.67. The molecule has 2 aromatic rings. The molecule has 0 aromatic heterocycles. The Kier molecular flexibility index (Phi) is 7.17. The first kappa shape index (κ1) is 24.0. The summed E-state index contributed by atoms with van der Waals surface area (Å²) >= 11 is 0. The Morgan fingerprint density at radius 3 is 2.52 bits per heavy atom. The smallest absolute Gasteiger partial charge is 0.410 e. The Morgan fingerprint density at radius 2 is 1.88 bits per heavy atom. The summed E-state index contributed by atoms with van der Waals surface area (Å²) < 4.78 is 19.8. The molecule has 1 heterocycles. The minimum absolute atomic E-state index is 0.325. The number of hydrogen-bond donors (Lipinski definition) is 1. The molecule has 0 atom stereocenters. The molecule has 2 amide bonds. The number of ether oxygens (including phenoxy) is 1. The van der Waals surface area contributed by atoms with Gasteiger partial charge in [-0.15, -0.1) is 0 Å². The monoisotopic (exact) mass is 449 g/mol. The van der Waals surface area contributed by atoms with E-state index in [0.29, 0.717) is 48.3 Å². The molecule has 1 saturated heterocycles. The lowest BCUT2D eigenvalue weighted by molar-refractivity contribution is 0.0236. The lowest BCUT2D eigenvalue weighted by atomic mass is 9.98. The van der Waals surface area contributed by atoms with Gasteiger partial charge in [0.25, 0.3) is 5.91 Å². The van der Waals surface area contributed by atoms with Crippen LogP contribution in [-0.4, -0.2) is 35.6 Å². The number of carbonyl (C=O) groups excluding carboxylic acids is 2. The molecule has 2 aromatic carbocycles. The van der Waals surface area contributed by atoms with Gasteiger partial charge in [0.05, 0.1) is 11.6 Å². The van der Waals surface area contributed by atoms with Crippen LogP contribution in [0, 0.1) is 24.1 Å². The highest BCUT2D eigenvalue weighted by Gasteiger charge is 2.24. The fourth-order valence-corrected chi connectivity index (χ4v) is 3.57. The number of piperidine rings is 1. The van der Waals surface area contributed by atoms with E-state index in [4.69, 9.17) is 10.00 Å². The van der Waals surface area contributed by atoms with Crippen molar-refractivity contribution in [2.45, 2.75) is 46.1 Å². The van der Waals surface area contributed by atoms with E-state index in [9.17, 15) is 14.0 Å². The molecule has 1 aliphatic heterocycles. The van der Waals surface area contributed by atoms with Gasteiger partial charge in [-0.1, -0.05) is 17.7 Å². The summed E-state index contributed by atoms with van der Waals surface area (Å²) in [5.74, 6) is -0.871. The standard InChI is InChI=1S/C26H28FN3O3/c1-17-21(12-18-8-10-30(11-9-18)25(32)33-26(2,3)4)14-22(27)15-23(17)29-24(31)20-7-5-6-19(13-20)16-28/h5-7,12-15H,8-11H2,1-4H3,(H,29,31). The summed E-state index contributed by atoms with van der Waals surface area (Å²) in [4.78, 5) is 26.6. The van der Waals surface area contributed by atoms with Crippen molar-refractivity contribution in [1.82, 2.24) is 4.90 Å². The lowest BCUT2D eigenvalue weighted by Crippen LogP contribution is -2.40. The van der Waals surface area contributed by atoms with Crippen LogP contribution in [-0.2, 0) is 4.74 Å². The van der Waals surface area contributed by atoms with Crippen molar-refractivity contribution in [1.29, 1.82) is 5.26 Å². The van der Waals surface area contributed by atoms with Crippen LogP contribution in [0.4, 0.5) is 14.9 Å². The second-order valence-corrected chi connectivity index (χ2v) is 9.08. The zero-order valence-electron chi connectivity index (χ0n) is 19.4. The van der Waals surface area contributed by atoms with Gasteiger partial charge in [0, 0.05) is 24.3 Å². The van der Waals surface area contributed by atoms with Crippen molar-refractivity contribution < 1.29 is 18.7 Å². The van der Waals surface area contributed by atoms with Gasteiger partial charge in [-0.3, -0.25) is 4.79 Å². The predicted molar refractivity (Wildman–Crippen MR) is 125 cm³/mol. The highest BCUT2D eigenvalue weighted by molar-refractivity contribution is 6.05.